The van der Waals surface area contributed by atoms with Gasteiger partial charge in [0.1, 0.15) is 5.82 Å². The first-order valence-corrected chi connectivity index (χ1v) is 7.85. The summed E-state index contributed by atoms with van der Waals surface area (Å²) < 4.78 is 18.7. The molecule has 114 valence electrons. The average Bonchev–Trinajstić information content (AvgIpc) is 3.36. The SMILES string of the molecule is O=C(NCCCOCC1CC1)[C@H]1C[C@H]1c1cccc(F)c1. The minimum Gasteiger partial charge on any atom is -0.381 e. The van der Waals surface area contributed by atoms with Crippen molar-refractivity contribution in [2.24, 2.45) is 11.8 Å². The quantitative estimate of drug-likeness (QED) is 0.748. The van der Waals surface area contributed by atoms with Gasteiger partial charge in [0, 0.05) is 25.7 Å². The van der Waals surface area contributed by atoms with Gasteiger partial charge >= 0.3 is 0 Å². The third-order valence-electron chi connectivity index (χ3n) is 4.22. The van der Waals surface area contributed by atoms with E-state index in [-0.39, 0.29) is 23.6 Å². The summed E-state index contributed by atoms with van der Waals surface area (Å²) in [7, 11) is 0. The summed E-state index contributed by atoms with van der Waals surface area (Å²) in [4.78, 5) is 12.0. The summed E-state index contributed by atoms with van der Waals surface area (Å²) >= 11 is 0. The molecule has 1 aromatic carbocycles. The number of carbonyl (C=O) groups is 1. The monoisotopic (exact) mass is 291 g/mol. The van der Waals surface area contributed by atoms with Gasteiger partial charge in [-0.15, -0.1) is 0 Å². The molecule has 21 heavy (non-hydrogen) atoms. The van der Waals surface area contributed by atoms with Crippen LogP contribution in [0.5, 0.6) is 0 Å². The zero-order chi connectivity index (χ0) is 14.7. The minimum absolute atomic E-state index is 0.0131. The Morgan fingerprint density at radius 3 is 3.00 bits per heavy atom. The van der Waals surface area contributed by atoms with Crippen LogP contribution in [0.4, 0.5) is 4.39 Å². The molecule has 2 fully saturated rings. The Kier molecular flexibility index (Phi) is 4.54. The van der Waals surface area contributed by atoms with Crippen LogP contribution in [0.3, 0.4) is 0 Å². The van der Waals surface area contributed by atoms with Crippen molar-refractivity contribution >= 4 is 5.91 Å². The maximum atomic E-state index is 13.2. The zero-order valence-corrected chi connectivity index (χ0v) is 12.2. The van der Waals surface area contributed by atoms with E-state index in [0.717, 1.165) is 37.5 Å². The smallest absolute Gasteiger partial charge is 0.223 e. The van der Waals surface area contributed by atoms with Crippen molar-refractivity contribution in [2.75, 3.05) is 19.8 Å². The predicted molar refractivity (Wildman–Crippen MR) is 78.4 cm³/mol. The average molecular weight is 291 g/mol. The Morgan fingerprint density at radius 1 is 1.38 bits per heavy atom. The number of hydrogen-bond donors (Lipinski definition) is 1. The molecule has 0 spiro atoms. The van der Waals surface area contributed by atoms with Crippen molar-refractivity contribution in [3.63, 3.8) is 0 Å². The summed E-state index contributed by atoms with van der Waals surface area (Å²) in [5.74, 6) is 0.849. The van der Waals surface area contributed by atoms with Gasteiger partial charge in [0.05, 0.1) is 0 Å². The van der Waals surface area contributed by atoms with Crippen LogP contribution in [0.1, 0.15) is 37.2 Å². The van der Waals surface area contributed by atoms with E-state index in [9.17, 15) is 9.18 Å². The lowest BCUT2D eigenvalue weighted by Gasteiger charge is -2.06. The maximum Gasteiger partial charge on any atom is 0.223 e. The van der Waals surface area contributed by atoms with Crippen molar-refractivity contribution in [1.29, 1.82) is 0 Å². The highest BCUT2D eigenvalue weighted by Gasteiger charge is 2.43. The van der Waals surface area contributed by atoms with E-state index < -0.39 is 0 Å². The second kappa shape index (κ2) is 6.56. The predicted octanol–water partition coefficient (Wildman–Crippen LogP) is 2.86. The number of carbonyl (C=O) groups excluding carboxylic acids is 1. The van der Waals surface area contributed by atoms with Gasteiger partial charge in [0.15, 0.2) is 0 Å². The second-order valence-electron chi connectivity index (χ2n) is 6.17. The first-order chi connectivity index (χ1) is 10.2. The molecule has 3 rings (SSSR count). The highest BCUT2D eigenvalue weighted by molar-refractivity contribution is 5.82. The van der Waals surface area contributed by atoms with Crippen molar-refractivity contribution in [3.05, 3.63) is 35.6 Å². The molecule has 0 unspecified atom stereocenters. The van der Waals surface area contributed by atoms with Gasteiger partial charge in [-0.25, -0.2) is 4.39 Å². The van der Waals surface area contributed by atoms with E-state index in [1.54, 1.807) is 6.07 Å². The summed E-state index contributed by atoms with van der Waals surface area (Å²) in [6.07, 6.45) is 4.29. The van der Waals surface area contributed by atoms with Crippen LogP contribution in [-0.2, 0) is 9.53 Å². The van der Waals surface area contributed by atoms with E-state index in [2.05, 4.69) is 5.32 Å². The Hall–Kier alpha value is -1.42. The van der Waals surface area contributed by atoms with Gasteiger partial charge in [-0.2, -0.15) is 0 Å². The lowest BCUT2D eigenvalue weighted by atomic mass is 10.1. The fourth-order valence-electron chi connectivity index (χ4n) is 2.64. The number of halogens is 1. The fourth-order valence-corrected chi connectivity index (χ4v) is 2.64. The van der Waals surface area contributed by atoms with E-state index in [4.69, 9.17) is 4.74 Å². The molecule has 1 N–H and O–H groups in total. The molecule has 2 atom stereocenters. The van der Waals surface area contributed by atoms with E-state index in [0.29, 0.717) is 6.54 Å². The van der Waals surface area contributed by atoms with Gasteiger partial charge in [-0.1, -0.05) is 12.1 Å². The number of nitrogens with one attached hydrogen (secondary N) is 1. The molecule has 2 aliphatic rings. The molecule has 0 aliphatic heterocycles. The topological polar surface area (TPSA) is 38.3 Å². The molecule has 0 saturated heterocycles. The molecule has 3 nitrogen and oxygen atoms in total. The highest BCUT2D eigenvalue weighted by atomic mass is 19.1. The molecule has 1 aromatic rings. The number of rotatable bonds is 8. The van der Waals surface area contributed by atoms with Crippen molar-refractivity contribution in [2.45, 2.75) is 31.6 Å². The largest absolute Gasteiger partial charge is 0.381 e. The first kappa shape index (κ1) is 14.5. The number of amides is 1. The maximum absolute atomic E-state index is 13.2. The normalized spacial score (nSPS) is 23.9. The molecule has 4 heteroatoms. The molecule has 0 bridgehead atoms. The molecule has 0 aromatic heterocycles. The third-order valence-corrected chi connectivity index (χ3v) is 4.22. The van der Waals surface area contributed by atoms with Crippen molar-refractivity contribution < 1.29 is 13.9 Å². The zero-order valence-electron chi connectivity index (χ0n) is 12.2. The number of benzene rings is 1. The van der Waals surface area contributed by atoms with Gasteiger partial charge in [0.25, 0.3) is 0 Å². The van der Waals surface area contributed by atoms with Crippen LogP contribution in [0, 0.1) is 17.7 Å². The molecular weight excluding hydrogens is 269 g/mol. The number of ether oxygens (including phenoxy) is 1. The number of hydrogen-bond acceptors (Lipinski definition) is 2. The van der Waals surface area contributed by atoms with Crippen molar-refractivity contribution in [3.8, 4) is 0 Å². The van der Waals surface area contributed by atoms with Gasteiger partial charge < -0.3 is 10.1 Å². The van der Waals surface area contributed by atoms with E-state index in [1.165, 1.54) is 25.0 Å². The lowest BCUT2D eigenvalue weighted by Crippen LogP contribution is -2.27. The Labute approximate surface area is 124 Å². The summed E-state index contributed by atoms with van der Waals surface area (Å²) in [5.41, 5.74) is 0.933. The van der Waals surface area contributed by atoms with E-state index in [1.807, 2.05) is 6.07 Å². The van der Waals surface area contributed by atoms with Crippen molar-refractivity contribution in [1.82, 2.24) is 5.32 Å². The highest BCUT2D eigenvalue weighted by Crippen LogP contribution is 2.47. The fraction of sp³-hybridized carbons (Fsp3) is 0.588. The Balaban J connectivity index is 1.31. The molecule has 0 heterocycles. The summed E-state index contributed by atoms with van der Waals surface area (Å²) in [5, 5.41) is 2.95. The van der Waals surface area contributed by atoms with Crippen LogP contribution in [-0.4, -0.2) is 25.7 Å². The molecular formula is C17H22FNO2. The third kappa shape index (κ3) is 4.27. The molecule has 0 radical (unpaired) electrons. The minimum atomic E-state index is -0.230. The first-order valence-electron chi connectivity index (χ1n) is 7.85. The van der Waals surface area contributed by atoms with E-state index >= 15 is 0 Å². The van der Waals surface area contributed by atoms with Crippen LogP contribution >= 0.6 is 0 Å². The second-order valence-corrected chi connectivity index (χ2v) is 6.17. The van der Waals surface area contributed by atoms with Crippen LogP contribution in [0.15, 0.2) is 24.3 Å². The lowest BCUT2D eigenvalue weighted by molar-refractivity contribution is -0.122. The Bertz CT molecular complexity index is 501. The molecule has 1 amide bonds. The summed E-state index contributed by atoms with van der Waals surface area (Å²) in [6.45, 7) is 2.25. The van der Waals surface area contributed by atoms with Crippen LogP contribution in [0.2, 0.25) is 0 Å². The van der Waals surface area contributed by atoms with Gasteiger partial charge in [0.2, 0.25) is 5.91 Å². The molecule has 2 saturated carbocycles. The standard InChI is InChI=1S/C17H22FNO2/c18-14-4-1-3-13(9-14)15-10-16(15)17(20)19-7-2-8-21-11-12-5-6-12/h1,3-4,9,12,15-16H,2,5-8,10-11H2,(H,19,20)/t15-,16-/m0/s1. The molecule has 2 aliphatic carbocycles. The Morgan fingerprint density at radius 2 is 2.24 bits per heavy atom. The van der Waals surface area contributed by atoms with Crippen LogP contribution < -0.4 is 5.32 Å². The van der Waals surface area contributed by atoms with Gasteiger partial charge in [-0.3, -0.25) is 4.79 Å². The van der Waals surface area contributed by atoms with Gasteiger partial charge in [-0.05, 0) is 55.2 Å². The summed E-state index contributed by atoms with van der Waals surface area (Å²) in [6, 6.07) is 6.56. The van der Waals surface area contributed by atoms with Crippen LogP contribution in [0.25, 0.3) is 0 Å².